The summed E-state index contributed by atoms with van der Waals surface area (Å²) in [6, 6.07) is 0. The van der Waals surface area contributed by atoms with Crippen molar-refractivity contribution in [3.8, 4) is 0 Å². The highest BCUT2D eigenvalue weighted by Gasteiger charge is 2.17. The van der Waals surface area contributed by atoms with Crippen molar-refractivity contribution in [2.24, 2.45) is 10.9 Å². The molecule has 0 aromatic carbocycles. The molecule has 6 heteroatoms. The highest BCUT2D eigenvalue weighted by molar-refractivity contribution is 5.85. The average Bonchev–Trinajstić information content (AvgIpc) is 1.90. The number of carbonyl (C=O) groups is 1. The minimum absolute atomic E-state index is 0. The summed E-state index contributed by atoms with van der Waals surface area (Å²) in [7, 11) is 0. The van der Waals surface area contributed by atoms with Gasteiger partial charge >= 0.3 is 5.97 Å². The quantitative estimate of drug-likeness (QED) is 0.635. The lowest BCUT2D eigenvalue weighted by Crippen LogP contribution is -2.33. The van der Waals surface area contributed by atoms with E-state index in [1.165, 1.54) is 0 Å². The van der Waals surface area contributed by atoms with Gasteiger partial charge in [-0.3, -0.25) is 9.79 Å². The minimum atomic E-state index is -0.778. The highest BCUT2D eigenvalue weighted by atomic mass is 35.5. The maximum absolute atomic E-state index is 10.2. The molecular formula is C5H10Cl2N2O2. The average molecular weight is 201 g/mol. The lowest BCUT2D eigenvalue weighted by Gasteiger charge is -2.12. The van der Waals surface area contributed by atoms with Gasteiger partial charge in [0.2, 0.25) is 0 Å². The van der Waals surface area contributed by atoms with E-state index >= 15 is 0 Å². The number of halogens is 2. The van der Waals surface area contributed by atoms with Gasteiger partial charge in [0.25, 0.3) is 0 Å². The zero-order valence-corrected chi connectivity index (χ0v) is 7.32. The van der Waals surface area contributed by atoms with Gasteiger partial charge in [0.05, 0.1) is 18.8 Å². The van der Waals surface area contributed by atoms with E-state index in [4.69, 9.17) is 5.11 Å². The number of aliphatic carboxylic acids is 1. The Kier molecular flexibility index (Phi) is 7.46. The first-order valence-corrected chi connectivity index (χ1v) is 2.75. The van der Waals surface area contributed by atoms with Crippen molar-refractivity contribution in [2.75, 3.05) is 13.1 Å². The number of hydrogen-bond acceptors (Lipinski definition) is 3. The van der Waals surface area contributed by atoms with Crippen LogP contribution in [0.15, 0.2) is 4.99 Å². The first kappa shape index (κ1) is 13.1. The number of hydrogen-bond donors (Lipinski definition) is 2. The Bertz CT molecular complexity index is 151. The molecule has 0 aliphatic carbocycles. The molecule has 0 saturated heterocycles. The topological polar surface area (TPSA) is 61.7 Å². The van der Waals surface area contributed by atoms with Crippen LogP contribution < -0.4 is 5.32 Å². The molecule has 0 bridgehead atoms. The fraction of sp³-hybridized carbons (Fsp3) is 0.600. The van der Waals surface area contributed by atoms with Gasteiger partial charge in [-0.2, -0.15) is 0 Å². The second-order valence-electron chi connectivity index (χ2n) is 1.94. The van der Waals surface area contributed by atoms with Crippen LogP contribution in [0.4, 0.5) is 0 Å². The molecule has 0 saturated carbocycles. The van der Waals surface area contributed by atoms with Gasteiger partial charge < -0.3 is 10.4 Å². The van der Waals surface area contributed by atoms with E-state index in [-0.39, 0.29) is 30.7 Å². The van der Waals surface area contributed by atoms with Crippen LogP contribution in [0.3, 0.4) is 0 Å². The second-order valence-corrected chi connectivity index (χ2v) is 1.94. The minimum Gasteiger partial charge on any atom is -0.481 e. The molecule has 1 atom stereocenters. The molecule has 1 heterocycles. The summed E-state index contributed by atoms with van der Waals surface area (Å²) in [6.45, 7) is 0.904. The van der Waals surface area contributed by atoms with Crippen molar-refractivity contribution in [2.45, 2.75) is 0 Å². The molecule has 0 spiro atoms. The molecule has 0 aromatic rings. The molecule has 1 aliphatic heterocycles. The van der Waals surface area contributed by atoms with Crippen LogP contribution in [0.2, 0.25) is 0 Å². The van der Waals surface area contributed by atoms with Gasteiger partial charge in [0, 0.05) is 6.54 Å². The fourth-order valence-corrected chi connectivity index (χ4v) is 0.669. The molecule has 1 aliphatic rings. The molecule has 0 fully saturated rings. The number of rotatable bonds is 1. The SMILES string of the molecule is Cl.Cl.O=C(O)C1CN=CNC1. The van der Waals surface area contributed by atoms with Crippen molar-refractivity contribution >= 4 is 37.1 Å². The Labute approximate surface area is 76.9 Å². The van der Waals surface area contributed by atoms with Gasteiger partial charge in [-0.25, -0.2) is 0 Å². The van der Waals surface area contributed by atoms with E-state index in [1.54, 1.807) is 6.34 Å². The van der Waals surface area contributed by atoms with Crippen molar-refractivity contribution in [1.29, 1.82) is 0 Å². The van der Waals surface area contributed by atoms with Gasteiger partial charge in [-0.15, -0.1) is 24.8 Å². The molecule has 2 N–H and O–H groups in total. The standard InChI is InChI=1S/C5H8N2O2.2ClH/c8-5(9)4-1-6-3-7-2-4;;/h3-4H,1-2H2,(H,6,7)(H,8,9);2*1H. The lowest BCUT2D eigenvalue weighted by molar-refractivity contribution is -0.141. The van der Waals surface area contributed by atoms with Crippen LogP contribution in [0.25, 0.3) is 0 Å². The molecule has 1 rings (SSSR count). The summed E-state index contributed by atoms with van der Waals surface area (Å²) >= 11 is 0. The predicted molar refractivity (Wildman–Crippen MR) is 47.0 cm³/mol. The Morgan fingerprint density at radius 3 is 2.55 bits per heavy atom. The zero-order valence-electron chi connectivity index (χ0n) is 5.69. The Morgan fingerprint density at radius 2 is 2.27 bits per heavy atom. The predicted octanol–water partition coefficient (Wildman–Crippen LogP) is 0.162. The summed E-state index contributed by atoms with van der Waals surface area (Å²) < 4.78 is 0. The van der Waals surface area contributed by atoms with Gasteiger partial charge in [0.1, 0.15) is 0 Å². The van der Waals surface area contributed by atoms with Gasteiger partial charge in [-0.05, 0) is 0 Å². The Hall–Kier alpha value is -0.480. The molecule has 0 aromatic heterocycles. The fourth-order valence-electron chi connectivity index (χ4n) is 0.669. The number of carboxylic acid groups (broad SMARTS) is 1. The molecule has 1 unspecified atom stereocenters. The summed E-state index contributed by atoms with van der Waals surface area (Å²) in [5.74, 6) is -1.12. The summed E-state index contributed by atoms with van der Waals surface area (Å²) in [5.41, 5.74) is 0. The molecule has 4 nitrogen and oxygen atoms in total. The summed E-state index contributed by atoms with van der Waals surface area (Å²) in [6.07, 6.45) is 1.54. The monoisotopic (exact) mass is 200 g/mol. The molecule has 66 valence electrons. The van der Waals surface area contributed by atoms with Crippen molar-refractivity contribution in [1.82, 2.24) is 5.32 Å². The third kappa shape index (κ3) is 4.06. The second kappa shape index (κ2) is 6.24. The third-order valence-corrected chi connectivity index (χ3v) is 1.22. The van der Waals surface area contributed by atoms with E-state index in [1.807, 2.05) is 0 Å². The summed E-state index contributed by atoms with van der Waals surface area (Å²) in [5, 5.41) is 11.2. The molecule has 0 radical (unpaired) electrons. The number of nitrogens with zero attached hydrogens (tertiary/aromatic N) is 1. The number of aliphatic imine (C=N–C) groups is 1. The van der Waals surface area contributed by atoms with E-state index in [0.717, 1.165) is 0 Å². The largest absolute Gasteiger partial charge is 0.481 e. The molecular weight excluding hydrogens is 191 g/mol. The van der Waals surface area contributed by atoms with Crippen molar-refractivity contribution in [3.05, 3.63) is 0 Å². The smallest absolute Gasteiger partial charge is 0.310 e. The van der Waals surface area contributed by atoms with Crippen molar-refractivity contribution < 1.29 is 9.90 Å². The number of nitrogens with one attached hydrogen (secondary N) is 1. The van der Waals surface area contributed by atoms with Crippen LogP contribution in [-0.4, -0.2) is 30.5 Å². The molecule has 0 amide bonds. The van der Waals surface area contributed by atoms with Crippen molar-refractivity contribution in [3.63, 3.8) is 0 Å². The van der Waals surface area contributed by atoms with Gasteiger partial charge in [0.15, 0.2) is 0 Å². The van der Waals surface area contributed by atoms with Crippen LogP contribution in [0.5, 0.6) is 0 Å². The summed E-state index contributed by atoms with van der Waals surface area (Å²) in [4.78, 5) is 14.0. The molecule has 11 heavy (non-hydrogen) atoms. The first-order valence-electron chi connectivity index (χ1n) is 2.75. The van der Waals surface area contributed by atoms with Crippen LogP contribution in [0.1, 0.15) is 0 Å². The maximum Gasteiger partial charge on any atom is 0.310 e. The van der Waals surface area contributed by atoms with Gasteiger partial charge in [-0.1, -0.05) is 0 Å². The van der Waals surface area contributed by atoms with E-state index in [0.29, 0.717) is 13.1 Å². The lowest BCUT2D eigenvalue weighted by atomic mass is 10.1. The van der Waals surface area contributed by atoms with Crippen LogP contribution in [0, 0.1) is 5.92 Å². The van der Waals surface area contributed by atoms with Crippen LogP contribution >= 0.6 is 24.8 Å². The highest BCUT2D eigenvalue weighted by Crippen LogP contribution is 1.97. The van der Waals surface area contributed by atoms with Crippen LogP contribution in [-0.2, 0) is 4.79 Å². The first-order chi connectivity index (χ1) is 4.30. The number of carboxylic acids is 1. The Morgan fingerprint density at radius 1 is 1.64 bits per heavy atom. The normalized spacial score (nSPS) is 20.5. The zero-order chi connectivity index (χ0) is 6.69. The van der Waals surface area contributed by atoms with E-state index in [2.05, 4.69) is 10.3 Å². The third-order valence-electron chi connectivity index (χ3n) is 1.22. The maximum atomic E-state index is 10.2. The van der Waals surface area contributed by atoms with E-state index in [9.17, 15) is 4.79 Å². The Balaban J connectivity index is 0. The van der Waals surface area contributed by atoms with E-state index < -0.39 is 5.97 Å².